The zero-order valence-electron chi connectivity index (χ0n) is 8.59. The Hall–Kier alpha value is -0.580. The standard InChI is InChI=1S/C9H6BrF3INO3/c10-3-6-4(1-8(16)17)5(14)2-7(15-6)18-9(11,12)13/h2H,1,3H2,(H,16,17). The molecule has 0 atom stereocenters. The van der Waals surface area contributed by atoms with Crippen molar-refractivity contribution in [1.82, 2.24) is 4.98 Å². The number of alkyl halides is 4. The number of aliphatic carboxylic acids is 1. The first-order valence-corrected chi connectivity index (χ1v) is 6.64. The van der Waals surface area contributed by atoms with Crippen LogP contribution in [0, 0.1) is 3.57 Å². The maximum atomic E-state index is 12.0. The number of hydrogen-bond donors (Lipinski definition) is 1. The van der Waals surface area contributed by atoms with Crippen LogP contribution in [0.3, 0.4) is 0 Å². The van der Waals surface area contributed by atoms with Crippen LogP contribution >= 0.6 is 38.5 Å². The molecule has 0 saturated heterocycles. The van der Waals surface area contributed by atoms with Gasteiger partial charge >= 0.3 is 12.3 Å². The van der Waals surface area contributed by atoms with E-state index >= 15 is 0 Å². The molecule has 0 spiro atoms. The third-order valence-electron chi connectivity index (χ3n) is 1.81. The summed E-state index contributed by atoms with van der Waals surface area (Å²) in [5.41, 5.74) is 0.582. The van der Waals surface area contributed by atoms with Crippen molar-refractivity contribution in [2.24, 2.45) is 0 Å². The van der Waals surface area contributed by atoms with Gasteiger partial charge < -0.3 is 9.84 Å². The minimum atomic E-state index is -4.83. The van der Waals surface area contributed by atoms with Gasteiger partial charge in [0.05, 0.1) is 12.1 Å². The highest BCUT2D eigenvalue weighted by Crippen LogP contribution is 2.27. The first-order chi connectivity index (χ1) is 8.23. The van der Waals surface area contributed by atoms with Gasteiger partial charge in [0.1, 0.15) is 0 Å². The molecule has 1 heterocycles. The lowest BCUT2D eigenvalue weighted by Crippen LogP contribution is -2.19. The summed E-state index contributed by atoms with van der Waals surface area (Å²) in [6.45, 7) is 0. The van der Waals surface area contributed by atoms with Crippen LogP contribution in [0.25, 0.3) is 0 Å². The Morgan fingerprint density at radius 1 is 1.56 bits per heavy atom. The molecule has 1 rings (SSSR count). The topological polar surface area (TPSA) is 59.4 Å². The van der Waals surface area contributed by atoms with Gasteiger partial charge in [-0.1, -0.05) is 15.9 Å². The molecular weight excluding hydrogens is 434 g/mol. The van der Waals surface area contributed by atoms with E-state index in [1.807, 2.05) is 0 Å². The van der Waals surface area contributed by atoms with Gasteiger partial charge in [0.15, 0.2) is 0 Å². The minimum Gasteiger partial charge on any atom is -0.481 e. The van der Waals surface area contributed by atoms with Crippen molar-refractivity contribution in [2.75, 3.05) is 0 Å². The molecule has 100 valence electrons. The molecule has 1 aromatic heterocycles. The van der Waals surface area contributed by atoms with Gasteiger partial charge in [0, 0.05) is 15.0 Å². The quantitative estimate of drug-likeness (QED) is 0.578. The molecule has 9 heteroatoms. The lowest BCUT2D eigenvalue weighted by atomic mass is 10.1. The van der Waals surface area contributed by atoms with Crippen LogP contribution in [0.1, 0.15) is 11.3 Å². The maximum absolute atomic E-state index is 12.0. The third kappa shape index (κ3) is 4.59. The molecule has 0 amide bonds. The molecule has 4 nitrogen and oxygen atoms in total. The summed E-state index contributed by atoms with van der Waals surface area (Å²) >= 11 is 4.80. The third-order valence-corrected chi connectivity index (χ3v) is 3.30. The zero-order chi connectivity index (χ0) is 13.9. The molecule has 0 aliphatic carbocycles. The lowest BCUT2D eigenvalue weighted by Gasteiger charge is -2.12. The van der Waals surface area contributed by atoms with E-state index in [1.54, 1.807) is 22.6 Å². The maximum Gasteiger partial charge on any atom is 0.574 e. The molecule has 0 saturated carbocycles. The van der Waals surface area contributed by atoms with Gasteiger partial charge in [-0.25, -0.2) is 4.98 Å². The second kappa shape index (κ2) is 6.04. The van der Waals surface area contributed by atoms with E-state index in [2.05, 4.69) is 25.7 Å². The number of ether oxygens (including phenoxy) is 1. The minimum absolute atomic E-state index is 0.140. The average Bonchev–Trinajstić information content (AvgIpc) is 2.18. The molecule has 0 fully saturated rings. The molecule has 0 aliphatic rings. The van der Waals surface area contributed by atoms with Crippen LogP contribution in [-0.2, 0) is 16.5 Å². The highest BCUT2D eigenvalue weighted by molar-refractivity contribution is 14.1. The summed E-state index contributed by atoms with van der Waals surface area (Å²) in [4.78, 5) is 14.3. The molecule has 0 aromatic carbocycles. The SMILES string of the molecule is O=C(O)Cc1c(I)cc(OC(F)(F)F)nc1CBr. The normalized spacial score (nSPS) is 11.4. The van der Waals surface area contributed by atoms with E-state index in [9.17, 15) is 18.0 Å². The molecule has 1 aromatic rings. The molecule has 18 heavy (non-hydrogen) atoms. The van der Waals surface area contributed by atoms with Gasteiger partial charge in [-0.05, 0) is 28.2 Å². The molecule has 0 unspecified atom stereocenters. The number of nitrogens with zero attached hydrogens (tertiary/aromatic N) is 1. The number of rotatable bonds is 4. The van der Waals surface area contributed by atoms with Crippen molar-refractivity contribution in [3.8, 4) is 5.88 Å². The Morgan fingerprint density at radius 2 is 2.17 bits per heavy atom. The zero-order valence-corrected chi connectivity index (χ0v) is 12.3. The van der Waals surface area contributed by atoms with Crippen molar-refractivity contribution < 1.29 is 27.8 Å². The summed E-state index contributed by atoms with van der Waals surface area (Å²) in [5.74, 6) is -1.68. The fourth-order valence-electron chi connectivity index (χ4n) is 1.19. The Bertz CT molecular complexity index is 467. The van der Waals surface area contributed by atoms with Gasteiger partial charge in [0.2, 0.25) is 5.88 Å². The molecule has 0 radical (unpaired) electrons. The summed E-state index contributed by atoms with van der Waals surface area (Å²) < 4.78 is 40.2. The fraction of sp³-hybridized carbons (Fsp3) is 0.333. The largest absolute Gasteiger partial charge is 0.574 e. The summed E-state index contributed by atoms with van der Waals surface area (Å²) in [6.07, 6.45) is -5.13. The van der Waals surface area contributed by atoms with E-state index in [4.69, 9.17) is 5.11 Å². The number of carbonyl (C=O) groups is 1. The predicted molar refractivity (Wildman–Crippen MR) is 67.6 cm³/mol. The van der Waals surface area contributed by atoms with Crippen LogP contribution < -0.4 is 4.74 Å². The van der Waals surface area contributed by atoms with Gasteiger partial charge in [0.25, 0.3) is 0 Å². The Kier molecular flexibility index (Phi) is 5.20. The molecule has 1 N–H and O–H groups in total. The van der Waals surface area contributed by atoms with E-state index in [0.29, 0.717) is 9.13 Å². The van der Waals surface area contributed by atoms with Gasteiger partial charge in [-0.3, -0.25) is 4.79 Å². The van der Waals surface area contributed by atoms with E-state index in [1.165, 1.54) is 0 Å². The second-order valence-electron chi connectivity index (χ2n) is 3.12. The van der Waals surface area contributed by atoms with Crippen molar-refractivity contribution in [2.45, 2.75) is 18.1 Å². The van der Waals surface area contributed by atoms with Crippen molar-refractivity contribution in [3.63, 3.8) is 0 Å². The summed E-state index contributed by atoms with van der Waals surface area (Å²) in [7, 11) is 0. The van der Waals surface area contributed by atoms with Crippen molar-refractivity contribution in [1.29, 1.82) is 0 Å². The van der Waals surface area contributed by atoms with Crippen LogP contribution in [-0.4, -0.2) is 22.4 Å². The number of carboxylic acids is 1. The molecule has 0 bridgehead atoms. The van der Waals surface area contributed by atoms with Crippen LogP contribution in [0.5, 0.6) is 5.88 Å². The second-order valence-corrected chi connectivity index (χ2v) is 4.84. The smallest absolute Gasteiger partial charge is 0.481 e. The van der Waals surface area contributed by atoms with Crippen LogP contribution in [0.2, 0.25) is 0 Å². The first kappa shape index (κ1) is 15.5. The van der Waals surface area contributed by atoms with E-state index < -0.39 is 18.2 Å². The highest BCUT2D eigenvalue weighted by Gasteiger charge is 2.32. The number of hydrogen-bond acceptors (Lipinski definition) is 3. The van der Waals surface area contributed by atoms with Gasteiger partial charge in [-0.2, -0.15) is 0 Å². The number of halogens is 5. The fourth-order valence-corrected chi connectivity index (χ4v) is 2.42. The number of pyridine rings is 1. The predicted octanol–water partition coefficient (Wildman–Crippen LogP) is 3.11. The van der Waals surface area contributed by atoms with E-state index in [-0.39, 0.29) is 17.4 Å². The molecule has 0 aliphatic heterocycles. The van der Waals surface area contributed by atoms with Crippen molar-refractivity contribution >= 4 is 44.5 Å². The number of carboxylic acid groups (broad SMARTS) is 1. The highest BCUT2D eigenvalue weighted by atomic mass is 127. The average molecular weight is 440 g/mol. The molecular formula is C9H6BrF3INO3. The van der Waals surface area contributed by atoms with E-state index in [0.717, 1.165) is 6.07 Å². The van der Waals surface area contributed by atoms with Crippen LogP contribution in [0.4, 0.5) is 13.2 Å². The van der Waals surface area contributed by atoms with Crippen LogP contribution in [0.15, 0.2) is 6.07 Å². The summed E-state index contributed by atoms with van der Waals surface area (Å²) in [6, 6.07) is 1.05. The monoisotopic (exact) mass is 439 g/mol. The Morgan fingerprint density at radius 3 is 2.61 bits per heavy atom. The Labute approximate surface area is 122 Å². The summed E-state index contributed by atoms with van der Waals surface area (Å²) in [5, 5.41) is 8.85. The first-order valence-electron chi connectivity index (χ1n) is 4.44. The Balaban J connectivity index is 3.14. The van der Waals surface area contributed by atoms with Crippen molar-refractivity contribution in [3.05, 3.63) is 20.9 Å². The number of aromatic nitrogens is 1. The van der Waals surface area contributed by atoms with Gasteiger partial charge in [-0.15, -0.1) is 13.2 Å². The lowest BCUT2D eigenvalue weighted by molar-refractivity contribution is -0.276.